The molecule has 1 saturated heterocycles. The zero-order valence-corrected chi connectivity index (χ0v) is 14.7. The number of carbonyl (C=O) groups is 1. The van der Waals surface area contributed by atoms with E-state index < -0.39 is 5.97 Å². The van der Waals surface area contributed by atoms with Gasteiger partial charge in [0.05, 0.1) is 11.2 Å². The third-order valence-electron chi connectivity index (χ3n) is 3.87. The van der Waals surface area contributed by atoms with Crippen LogP contribution in [0.4, 0.5) is 10.9 Å². The molecule has 0 bridgehead atoms. The number of H-pyrrole nitrogens is 1. The molecule has 2 aromatic heterocycles. The molecule has 1 aliphatic heterocycles. The first-order valence-electron chi connectivity index (χ1n) is 7.20. The average Bonchev–Trinajstić information content (AvgIpc) is 3.11. The standard InChI is InChI=1S/C14H16Cl2N4O2S/c1-7-10(15)11(16)12(18-7)19-8-2-4-20(5-3-8)14-17-6-9(23-14)13(21)22/h6,8,18-19H,2-5H2,1H3,(H,21,22). The number of hydrogen-bond acceptors (Lipinski definition) is 5. The SMILES string of the molecule is Cc1[nH]c(NC2CCN(c3ncc(C(=O)O)s3)CC2)c(Cl)c1Cl. The molecule has 1 fully saturated rings. The smallest absolute Gasteiger partial charge is 0.347 e. The van der Waals surface area contributed by atoms with Crippen LogP contribution in [0.15, 0.2) is 6.20 Å². The number of rotatable bonds is 4. The van der Waals surface area contributed by atoms with Gasteiger partial charge in [-0.2, -0.15) is 0 Å². The van der Waals surface area contributed by atoms with Gasteiger partial charge in [0.1, 0.15) is 15.7 Å². The first-order chi connectivity index (χ1) is 11.0. The molecule has 2 aromatic rings. The first-order valence-corrected chi connectivity index (χ1v) is 8.77. The molecule has 0 radical (unpaired) electrons. The van der Waals surface area contributed by atoms with Crippen molar-refractivity contribution >= 4 is 51.5 Å². The Morgan fingerprint density at radius 1 is 1.43 bits per heavy atom. The Morgan fingerprint density at radius 2 is 2.13 bits per heavy atom. The Labute approximate surface area is 147 Å². The lowest BCUT2D eigenvalue weighted by atomic mass is 10.1. The number of carboxylic acids is 1. The van der Waals surface area contributed by atoms with E-state index in [1.54, 1.807) is 0 Å². The van der Waals surface area contributed by atoms with Gasteiger partial charge < -0.3 is 20.3 Å². The highest BCUT2D eigenvalue weighted by molar-refractivity contribution is 7.17. The summed E-state index contributed by atoms with van der Waals surface area (Å²) >= 11 is 13.5. The molecule has 0 aliphatic carbocycles. The van der Waals surface area contributed by atoms with Crippen LogP contribution in [0.25, 0.3) is 0 Å². The molecule has 6 nitrogen and oxygen atoms in total. The molecule has 9 heteroatoms. The molecule has 0 atom stereocenters. The van der Waals surface area contributed by atoms with Gasteiger partial charge in [0.15, 0.2) is 5.13 Å². The van der Waals surface area contributed by atoms with Gasteiger partial charge in [-0.15, -0.1) is 0 Å². The summed E-state index contributed by atoms with van der Waals surface area (Å²) in [7, 11) is 0. The van der Waals surface area contributed by atoms with Crippen LogP contribution in [-0.4, -0.2) is 40.2 Å². The van der Waals surface area contributed by atoms with Crippen molar-refractivity contribution in [3.8, 4) is 0 Å². The van der Waals surface area contributed by atoms with Crippen LogP contribution >= 0.6 is 34.5 Å². The third-order valence-corrected chi connectivity index (χ3v) is 5.87. The van der Waals surface area contributed by atoms with Crippen molar-refractivity contribution in [2.75, 3.05) is 23.3 Å². The molecular weight excluding hydrogens is 359 g/mol. The van der Waals surface area contributed by atoms with Crippen molar-refractivity contribution in [2.24, 2.45) is 0 Å². The number of anilines is 2. The lowest BCUT2D eigenvalue weighted by molar-refractivity contribution is 0.0702. The van der Waals surface area contributed by atoms with Gasteiger partial charge in [0, 0.05) is 24.8 Å². The van der Waals surface area contributed by atoms with Crippen LogP contribution in [0.3, 0.4) is 0 Å². The molecule has 1 aliphatic rings. The molecule has 124 valence electrons. The van der Waals surface area contributed by atoms with Crippen LogP contribution in [0.1, 0.15) is 28.2 Å². The Morgan fingerprint density at radius 3 is 2.65 bits per heavy atom. The van der Waals surface area contributed by atoms with Crippen LogP contribution in [0.2, 0.25) is 10.0 Å². The van der Waals surface area contributed by atoms with Gasteiger partial charge in [-0.05, 0) is 19.8 Å². The van der Waals surface area contributed by atoms with Gasteiger partial charge in [0.2, 0.25) is 0 Å². The molecule has 0 saturated carbocycles. The first kappa shape index (κ1) is 16.4. The Bertz CT molecular complexity index is 722. The quantitative estimate of drug-likeness (QED) is 0.756. The normalized spacial score (nSPS) is 15.9. The zero-order valence-electron chi connectivity index (χ0n) is 12.4. The van der Waals surface area contributed by atoms with Crippen LogP contribution in [0, 0.1) is 6.92 Å². The van der Waals surface area contributed by atoms with Gasteiger partial charge in [-0.3, -0.25) is 0 Å². The number of aryl methyl sites for hydroxylation is 1. The Kier molecular flexibility index (Phi) is 4.70. The van der Waals surface area contributed by atoms with Gasteiger partial charge in [-0.1, -0.05) is 34.5 Å². The van der Waals surface area contributed by atoms with E-state index in [-0.39, 0.29) is 10.9 Å². The molecule has 3 rings (SSSR count). The summed E-state index contributed by atoms with van der Waals surface area (Å²) in [5, 5.41) is 14.2. The summed E-state index contributed by atoms with van der Waals surface area (Å²) in [6, 6.07) is 0.289. The van der Waals surface area contributed by atoms with Crippen molar-refractivity contribution in [3.63, 3.8) is 0 Å². The second kappa shape index (κ2) is 6.59. The minimum Gasteiger partial charge on any atom is -0.477 e. The van der Waals surface area contributed by atoms with Crippen LogP contribution < -0.4 is 10.2 Å². The maximum Gasteiger partial charge on any atom is 0.347 e. The van der Waals surface area contributed by atoms with E-state index in [2.05, 4.69) is 20.2 Å². The molecule has 3 heterocycles. The Hall–Kier alpha value is -1.44. The number of aromatic carboxylic acids is 1. The number of thiazole rings is 1. The van der Waals surface area contributed by atoms with Crippen LogP contribution in [-0.2, 0) is 0 Å². The highest BCUT2D eigenvalue weighted by atomic mass is 35.5. The fourth-order valence-corrected chi connectivity index (χ4v) is 3.79. The van der Waals surface area contributed by atoms with E-state index in [0.717, 1.165) is 42.6 Å². The highest BCUT2D eigenvalue weighted by Gasteiger charge is 2.23. The van der Waals surface area contributed by atoms with Gasteiger partial charge in [0.25, 0.3) is 0 Å². The lowest BCUT2D eigenvalue weighted by Gasteiger charge is -2.32. The summed E-state index contributed by atoms with van der Waals surface area (Å²) in [4.78, 5) is 20.7. The second-order valence-electron chi connectivity index (χ2n) is 5.47. The predicted octanol–water partition coefficient (Wildman–Crippen LogP) is 3.87. The van der Waals surface area contributed by atoms with Crippen molar-refractivity contribution in [2.45, 2.75) is 25.8 Å². The van der Waals surface area contributed by atoms with E-state index in [0.29, 0.717) is 10.0 Å². The van der Waals surface area contributed by atoms with Crippen molar-refractivity contribution in [1.82, 2.24) is 9.97 Å². The number of piperidine rings is 1. The molecule has 23 heavy (non-hydrogen) atoms. The minimum atomic E-state index is -0.932. The largest absolute Gasteiger partial charge is 0.477 e. The van der Waals surface area contributed by atoms with Crippen molar-refractivity contribution < 1.29 is 9.90 Å². The van der Waals surface area contributed by atoms with Crippen molar-refractivity contribution in [1.29, 1.82) is 0 Å². The van der Waals surface area contributed by atoms with Gasteiger partial charge in [-0.25, -0.2) is 9.78 Å². The zero-order chi connectivity index (χ0) is 16.6. The lowest BCUT2D eigenvalue weighted by Crippen LogP contribution is -2.39. The fraction of sp³-hybridized carbons (Fsp3) is 0.429. The van der Waals surface area contributed by atoms with E-state index in [1.807, 2.05) is 6.92 Å². The third kappa shape index (κ3) is 3.41. The number of hydrogen-bond donors (Lipinski definition) is 3. The maximum absolute atomic E-state index is 10.9. The number of nitrogens with one attached hydrogen (secondary N) is 2. The van der Waals surface area contributed by atoms with E-state index >= 15 is 0 Å². The summed E-state index contributed by atoms with van der Waals surface area (Å²) in [6.45, 7) is 3.51. The highest BCUT2D eigenvalue weighted by Crippen LogP contribution is 2.34. The molecule has 3 N–H and O–H groups in total. The minimum absolute atomic E-state index is 0.267. The molecule has 0 spiro atoms. The number of halogens is 2. The molecular formula is C14H16Cl2N4O2S. The summed E-state index contributed by atoms with van der Waals surface area (Å²) in [6.07, 6.45) is 3.23. The monoisotopic (exact) mass is 374 g/mol. The van der Waals surface area contributed by atoms with E-state index in [4.69, 9.17) is 28.3 Å². The molecule has 0 aromatic carbocycles. The number of aromatic amines is 1. The number of aromatic nitrogens is 2. The summed E-state index contributed by atoms with van der Waals surface area (Å²) in [5.74, 6) is -0.172. The summed E-state index contributed by atoms with van der Waals surface area (Å²) in [5.41, 5.74) is 0.848. The fourth-order valence-electron chi connectivity index (χ4n) is 2.60. The number of nitrogens with zero attached hydrogens (tertiary/aromatic N) is 2. The van der Waals surface area contributed by atoms with E-state index in [1.165, 1.54) is 17.5 Å². The van der Waals surface area contributed by atoms with Crippen molar-refractivity contribution in [3.05, 3.63) is 26.8 Å². The van der Waals surface area contributed by atoms with E-state index in [9.17, 15) is 4.79 Å². The molecule has 0 amide bonds. The topological polar surface area (TPSA) is 81.2 Å². The van der Waals surface area contributed by atoms with Crippen LogP contribution in [0.5, 0.6) is 0 Å². The second-order valence-corrected chi connectivity index (χ2v) is 7.24. The maximum atomic E-state index is 10.9. The van der Waals surface area contributed by atoms with Gasteiger partial charge >= 0.3 is 5.97 Å². The number of carboxylic acid groups (broad SMARTS) is 1. The Balaban J connectivity index is 1.59. The summed E-state index contributed by atoms with van der Waals surface area (Å²) < 4.78 is 0. The predicted molar refractivity (Wildman–Crippen MR) is 93.5 cm³/mol. The molecule has 0 unspecified atom stereocenters. The average molecular weight is 375 g/mol.